The van der Waals surface area contributed by atoms with Crippen LogP contribution in [0.5, 0.6) is 5.75 Å². The maximum atomic E-state index is 10.4. The van der Waals surface area contributed by atoms with Gasteiger partial charge in [0.2, 0.25) is 0 Å². The number of aromatic nitrogens is 2. The molecule has 2 aromatic heterocycles. The number of rotatable bonds is 8. The summed E-state index contributed by atoms with van der Waals surface area (Å²) < 4.78 is 5.84. The van der Waals surface area contributed by atoms with E-state index in [1.54, 1.807) is 0 Å². The second-order valence-corrected chi connectivity index (χ2v) is 7.96. The van der Waals surface area contributed by atoms with Gasteiger partial charge in [0.25, 0.3) is 0 Å². The van der Waals surface area contributed by atoms with Crippen molar-refractivity contribution in [2.45, 2.75) is 31.9 Å². The van der Waals surface area contributed by atoms with Gasteiger partial charge >= 0.3 is 0 Å². The van der Waals surface area contributed by atoms with Gasteiger partial charge < -0.3 is 25.1 Å². The average molecular weight is 377 g/mol. The Bertz CT molecular complexity index is 1060. The second kappa shape index (κ2) is 7.70. The predicted molar refractivity (Wildman–Crippen MR) is 114 cm³/mol. The lowest BCUT2D eigenvalue weighted by atomic mass is 9.94. The van der Waals surface area contributed by atoms with Crippen molar-refractivity contribution < 1.29 is 9.84 Å². The number of aliphatic hydroxyl groups excluding tert-OH is 1. The fourth-order valence-electron chi connectivity index (χ4n) is 3.63. The van der Waals surface area contributed by atoms with Crippen molar-refractivity contribution in [3.63, 3.8) is 0 Å². The largest absolute Gasteiger partial charge is 0.489 e. The van der Waals surface area contributed by atoms with Crippen LogP contribution in [0, 0.1) is 0 Å². The lowest BCUT2D eigenvalue weighted by Gasteiger charge is -2.28. The second-order valence-electron chi connectivity index (χ2n) is 7.96. The lowest BCUT2D eigenvalue weighted by Crippen LogP contribution is -2.46. The van der Waals surface area contributed by atoms with Crippen molar-refractivity contribution in [1.29, 1.82) is 0 Å². The summed E-state index contributed by atoms with van der Waals surface area (Å²) in [6.07, 6.45) is 4.24. The average Bonchev–Trinajstić information content (AvgIpc) is 3.32. The molecule has 4 N–H and O–H groups in total. The van der Waals surface area contributed by atoms with Crippen LogP contribution in [0.15, 0.2) is 60.9 Å². The first-order valence-electron chi connectivity index (χ1n) is 9.69. The van der Waals surface area contributed by atoms with E-state index in [0.29, 0.717) is 6.54 Å². The number of para-hydroxylation sites is 2. The number of hydrogen-bond donors (Lipinski definition) is 4. The molecule has 0 fully saturated rings. The first-order valence-corrected chi connectivity index (χ1v) is 9.69. The highest BCUT2D eigenvalue weighted by Crippen LogP contribution is 2.24. The molecule has 5 heteroatoms. The van der Waals surface area contributed by atoms with E-state index in [1.807, 2.05) is 36.5 Å². The molecule has 4 rings (SSSR count). The smallest absolute Gasteiger partial charge is 0.143 e. The van der Waals surface area contributed by atoms with E-state index in [4.69, 9.17) is 4.74 Å². The number of H-pyrrole nitrogens is 2. The lowest BCUT2D eigenvalue weighted by molar-refractivity contribution is 0.0995. The van der Waals surface area contributed by atoms with E-state index in [-0.39, 0.29) is 12.1 Å². The first-order chi connectivity index (χ1) is 13.5. The van der Waals surface area contributed by atoms with Gasteiger partial charge in [-0.25, -0.2) is 0 Å². The zero-order chi connectivity index (χ0) is 19.6. The molecule has 0 aliphatic rings. The molecule has 4 aromatic rings. The van der Waals surface area contributed by atoms with Crippen LogP contribution in [-0.2, 0) is 6.42 Å². The molecule has 2 aromatic carbocycles. The minimum absolute atomic E-state index is 0.147. The van der Waals surface area contributed by atoms with Crippen molar-refractivity contribution in [1.82, 2.24) is 15.3 Å². The summed E-state index contributed by atoms with van der Waals surface area (Å²) in [5, 5.41) is 16.2. The topological polar surface area (TPSA) is 73.1 Å². The highest BCUT2D eigenvalue weighted by atomic mass is 16.5. The highest BCUT2D eigenvalue weighted by molar-refractivity contribution is 5.85. The Labute approximate surface area is 164 Å². The van der Waals surface area contributed by atoms with E-state index in [0.717, 1.165) is 28.6 Å². The number of fused-ring (bicyclic) bond motifs is 2. The molecular weight excluding hydrogens is 350 g/mol. The molecule has 0 radical (unpaired) electrons. The van der Waals surface area contributed by atoms with Gasteiger partial charge in [-0.15, -0.1) is 0 Å². The number of benzene rings is 2. The molecule has 28 heavy (non-hydrogen) atoms. The Hall–Kier alpha value is -2.76. The van der Waals surface area contributed by atoms with Crippen LogP contribution < -0.4 is 10.1 Å². The summed E-state index contributed by atoms with van der Waals surface area (Å²) in [5.41, 5.74) is 3.24. The number of aliphatic hydroxyl groups is 1. The molecule has 0 spiro atoms. The van der Waals surface area contributed by atoms with Crippen LogP contribution >= 0.6 is 0 Å². The fourth-order valence-corrected chi connectivity index (χ4v) is 3.63. The van der Waals surface area contributed by atoms with Crippen LogP contribution in [0.4, 0.5) is 0 Å². The Morgan fingerprint density at radius 1 is 1.07 bits per heavy atom. The molecular formula is C23H27N3O2. The van der Waals surface area contributed by atoms with Gasteiger partial charge in [0.15, 0.2) is 0 Å². The molecule has 146 valence electrons. The van der Waals surface area contributed by atoms with Gasteiger partial charge in [0, 0.05) is 40.8 Å². The van der Waals surface area contributed by atoms with Gasteiger partial charge in [0.05, 0.1) is 5.52 Å². The first kappa shape index (κ1) is 18.6. The minimum atomic E-state index is -0.590. The third-order valence-electron chi connectivity index (χ3n) is 5.10. The zero-order valence-corrected chi connectivity index (χ0v) is 16.3. The third kappa shape index (κ3) is 4.06. The molecule has 0 unspecified atom stereocenters. The van der Waals surface area contributed by atoms with Crippen LogP contribution in [0.25, 0.3) is 21.8 Å². The Balaban J connectivity index is 1.32. The predicted octanol–water partition coefficient (Wildman–Crippen LogP) is 4.00. The van der Waals surface area contributed by atoms with Crippen LogP contribution in [0.1, 0.15) is 19.4 Å². The third-order valence-corrected chi connectivity index (χ3v) is 5.10. The normalized spacial score (nSPS) is 13.2. The van der Waals surface area contributed by atoms with E-state index in [2.05, 4.69) is 53.5 Å². The Kier molecular flexibility index (Phi) is 5.11. The zero-order valence-electron chi connectivity index (χ0n) is 16.3. The van der Waals surface area contributed by atoms with Gasteiger partial charge in [-0.1, -0.05) is 30.3 Å². The van der Waals surface area contributed by atoms with Crippen molar-refractivity contribution >= 4 is 21.8 Å². The van der Waals surface area contributed by atoms with Crippen molar-refractivity contribution in [2.75, 3.05) is 13.2 Å². The summed E-state index contributed by atoms with van der Waals surface area (Å²) in [6, 6.07) is 16.2. The van der Waals surface area contributed by atoms with E-state index >= 15 is 0 Å². The minimum Gasteiger partial charge on any atom is -0.489 e. The number of aromatic amines is 2. The quantitative estimate of drug-likeness (QED) is 0.375. The molecule has 0 aliphatic carbocycles. The van der Waals surface area contributed by atoms with Gasteiger partial charge in [-0.2, -0.15) is 0 Å². The van der Waals surface area contributed by atoms with Gasteiger partial charge in [0.1, 0.15) is 18.5 Å². The van der Waals surface area contributed by atoms with E-state index in [1.165, 1.54) is 10.9 Å². The molecule has 0 saturated heterocycles. The number of ether oxygens (including phenoxy) is 1. The fraction of sp³-hybridized carbons (Fsp3) is 0.304. The summed E-state index contributed by atoms with van der Waals surface area (Å²) in [6.45, 7) is 5.02. The highest BCUT2D eigenvalue weighted by Gasteiger charge is 2.21. The van der Waals surface area contributed by atoms with Crippen molar-refractivity contribution in [3.05, 3.63) is 66.5 Å². The van der Waals surface area contributed by atoms with E-state index < -0.39 is 6.10 Å². The maximum Gasteiger partial charge on any atom is 0.143 e. The summed E-state index contributed by atoms with van der Waals surface area (Å²) in [4.78, 5) is 6.51. The molecule has 0 bridgehead atoms. The van der Waals surface area contributed by atoms with Crippen LogP contribution in [-0.4, -0.2) is 39.9 Å². The number of nitrogens with one attached hydrogen (secondary N) is 3. The standard InChI is InChI=1S/C23H27N3O2/c1-23(2,12-17-13-25-20-8-4-3-7-19(17)20)26-14-18(27)15-28-21-9-5-6-16-10-11-24-22(16)21/h3-11,13,18,24-27H,12,14-15H2,1-2H3/t18-/m0/s1. The molecule has 0 aliphatic heterocycles. The monoisotopic (exact) mass is 377 g/mol. The number of β-amino-alcohol motifs (C(OH)–C–C–N with tert-alkyl or cyclic N) is 1. The number of hydrogen-bond acceptors (Lipinski definition) is 3. The van der Waals surface area contributed by atoms with E-state index in [9.17, 15) is 5.11 Å². The van der Waals surface area contributed by atoms with Crippen LogP contribution in [0.3, 0.4) is 0 Å². The summed E-state index contributed by atoms with van der Waals surface area (Å²) in [7, 11) is 0. The Morgan fingerprint density at radius 3 is 2.82 bits per heavy atom. The summed E-state index contributed by atoms with van der Waals surface area (Å²) in [5.74, 6) is 0.764. The molecule has 0 amide bonds. The summed E-state index contributed by atoms with van der Waals surface area (Å²) >= 11 is 0. The Morgan fingerprint density at radius 2 is 1.93 bits per heavy atom. The maximum absolute atomic E-state index is 10.4. The molecule has 0 saturated carbocycles. The van der Waals surface area contributed by atoms with Gasteiger partial charge in [-0.05, 0) is 44.0 Å². The van der Waals surface area contributed by atoms with Crippen molar-refractivity contribution in [3.8, 4) is 5.75 Å². The molecule has 2 heterocycles. The van der Waals surface area contributed by atoms with Gasteiger partial charge in [-0.3, -0.25) is 0 Å². The van der Waals surface area contributed by atoms with Crippen LogP contribution in [0.2, 0.25) is 0 Å². The SMILES string of the molecule is CC(C)(Cc1c[nH]c2ccccc12)NC[C@H](O)COc1cccc2cc[nH]c12. The molecule has 5 nitrogen and oxygen atoms in total. The van der Waals surface area contributed by atoms with Crippen molar-refractivity contribution in [2.24, 2.45) is 0 Å². The molecule has 1 atom stereocenters.